The Morgan fingerprint density at radius 2 is 1.70 bits per heavy atom. The van der Waals surface area contributed by atoms with Crippen molar-refractivity contribution in [2.45, 2.75) is 32.2 Å². The Morgan fingerprint density at radius 3 is 2.26 bits per heavy atom. The molecule has 124 valence electrons. The molecule has 1 fully saturated rings. The summed E-state index contributed by atoms with van der Waals surface area (Å²) in [6.45, 7) is 6.56. The predicted octanol–water partition coefficient (Wildman–Crippen LogP) is 1.75. The van der Waals surface area contributed by atoms with Gasteiger partial charge in [0.2, 0.25) is 0 Å². The zero-order valence-corrected chi connectivity index (χ0v) is 13.8. The number of benzene rings is 1. The maximum absolute atomic E-state index is 12.4. The van der Waals surface area contributed by atoms with Gasteiger partial charge in [-0.05, 0) is 51.0 Å². The molecule has 0 atom stereocenters. The van der Waals surface area contributed by atoms with Crippen molar-refractivity contribution >= 4 is 11.8 Å². The molecule has 0 aromatic heterocycles. The largest absolute Gasteiger partial charge is 0.317 e. The second-order valence-corrected chi connectivity index (χ2v) is 6.32. The van der Waals surface area contributed by atoms with Crippen LogP contribution in [0.5, 0.6) is 0 Å². The summed E-state index contributed by atoms with van der Waals surface area (Å²) in [5, 5.41) is 3.39. The van der Waals surface area contributed by atoms with E-state index in [1.54, 1.807) is 12.1 Å². The minimum Gasteiger partial charge on any atom is -0.317 e. The average molecular weight is 315 g/mol. The van der Waals surface area contributed by atoms with Gasteiger partial charge in [-0.25, -0.2) is 0 Å². The summed E-state index contributed by atoms with van der Waals surface area (Å²) in [6, 6.07) is 7.67. The predicted molar refractivity (Wildman–Crippen MR) is 89.6 cm³/mol. The lowest BCUT2D eigenvalue weighted by atomic mass is 10.0. The number of amides is 2. The van der Waals surface area contributed by atoms with Crippen LogP contribution in [0.15, 0.2) is 24.3 Å². The molecule has 1 aromatic rings. The van der Waals surface area contributed by atoms with Gasteiger partial charge in [-0.3, -0.25) is 19.4 Å². The molecular formula is C18H25N3O2. The van der Waals surface area contributed by atoms with Gasteiger partial charge in [-0.2, -0.15) is 0 Å². The number of carbonyl (C=O) groups is 2. The summed E-state index contributed by atoms with van der Waals surface area (Å²) < 4.78 is 0. The quantitative estimate of drug-likeness (QED) is 0.813. The first kappa shape index (κ1) is 16.1. The Balaban J connectivity index is 1.64. The van der Waals surface area contributed by atoms with Crippen LogP contribution in [0.3, 0.4) is 0 Å². The van der Waals surface area contributed by atoms with E-state index in [-0.39, 0.29) is 11.8 Å². The first-order valence-electron chi connectivity index (χ1n) is 8.62. The maximum atomic E-state index is 12.4. The molecule has 0 aliphatic carbocycles. The number of fused-ring (bicyclic) bond motifs is 1. The highest BCUT2D eigenvalue weighted by atomic mass is 16.2. The van der Waals surface area contributed by atoms with Crippen LogP contribution < -0.4 is 5.32 Å². The number of nitrogens with one attached hydrogen (secondary N) is 1. The van der Waals surface area contributed by atoms with Crippen molar-refractivity contribution in [3.05, 3.63) is 35.4 Å². The smallest absolute Gasteiger partial charge is 0.261 e. The Labute approximate surface area is 137 Å². The van der Waals surface area contributed by atoms with Crippen molar-refractivity contribution < 1.29 is 9.59 Å². The SMILES string of the molecule is CCCN(CCN1C(=O)c2ccccc2C1=O)C1CCNCC1. The number of nitrogens with zero attached hydrogens (tertiary/aromatic N) is 2. The highest BCUT2D eigenvalue weighted by Gasteiger charge is 2.35. The molecule has 2 amide bonds. The van der Waals surface area contributed by atoms with Crippen LogP contribution >= 0.6 is 0 Å². The summed E-state index contributed by atoms with van der Waals surface area (Å²) in [6.07, 6.45) is 3.37. The third-order valence-electron chi connectivity index (χ3n) is 4.82. The van der Waals surface area contributed by atoms with E-state index in [1.165, 1.54) is 4.90 Å². The Kier molecular flexibility index (Phi) is 5.08. The molecular weight excluding hydrogens is 290 g/mol. The summed E-state index contributed by atoms with van der Waals surface area (Å²) in [5.74, 6) is -0.292. The normalized spacial score (nSPS) is 18.8. The minimum atomic E-state index is -0.146. The Morgan fingerprint density at radius 1 is 1.09 bits per heavy atom. The summed E-state index contributed by atoms with van der Waals surface area (Å²) in [4.78, 5) is 28.7. The van der Waals surface area contributed by atoms with Crippen molar-refractivity contribution in [3.63, 3.8) is 0 Å². The highest BCUT2D eigenvalue weighted by molar-refractivity contribution is 6.21. The standard InChI is InChI=1S/C18H25N3O2/c1-2-11-20(14-7-9-19-10-8-14)12-13-21-17(22)15-5-3-4-6-16(15)18(21)23/h3-6,14,19H,2,7-13H2,1H3. The van der Waals surface area contributed by atoms with E-state index in [0.717, 1.165) is 45.4 Å². The van der Waals surface area contributed by atoms with E-state index in [0.29, 0.717) is 23.7 Å². The van der Waals surface area contributed by atoms with E-state index in [9.17, 15) is 9.59 Å². The van der Waals surface area contributed by atoms with E-state index in [1.807, 2.05) is 12.1 Å². The summed E-state index contributed by atoms with van der Waals surface area (Å²) in [7, 11) is 0. The fourth-order valence-corrected chi connectivity index (χ4v) is 3.61. The van der Waals surface area contributed by atoms with Crippen molar-refractivity contribution in [1.82, 2.24) is 15.1 Å². The lowest BCUT2D eigenvalue weighted by Crippen LogP contribution is -2.47. The molecule has 2 aliphatic rings. The van der Waals surface area contributed by atoms with Gasteiger partial charge in [-0.15, -0.1) is 0 Å². The van der Waals surface area contributed by atoms with Crippen LogP contribution in [0.4, 0.5) is 0 Å². The zero-order valence-electron chi connectivity index (χ0n) is 13.8. The number of carbonyl (C=O) groups excluding carboxylic acids is 2. The van der Waals surface area contributed by atoms with Crippen molar-refractivity contribution in [1.29, 1.82) is 0 Å². The molecule has 23 heavy (non-hydrogen) atoms. The molecule has 5 heteroatoms. The summed E-state index contributed by atoms with van der Waals surface area (Å²) >= 11 is 0. The third-order valence-corrected chi connectivity index (χ3v) is 4.82. The van der Waals surface area contributed by atoms with Gasteiger partial charge < -0.3 is 5.32 Å². The van der Waals surface area contributed by atoms with Gasteiger partial charge >= 0.3 is 0 Å². The number of hydrogen-bond donors (Lipinski definition) is 1. The Hall–Kier alpha value is -1.72. The van der Waals surface area contributed by atoms with Crippen molar-refractivity contribution in [2.24, 2.45) is 0 Å². The van der Waals surface area contributed by atoms with E-state index < -0.39 is 0 Å². The first-order valence-corrected chi connectivity index (χ1v) is 8.62. The van der Waals surface area contributed by atoms with Crippen LogP contribution in [-0.4, -0.2) is 60.4 Å². The number of hydrogen-bond acceptors (Lipinski definition) is 4. The lowest BCUT2D eigenvalue weighted by Gasteiger charge is -2.35. The van der Waals surface area contributed by atoms with E-state index in [4.69, 9.17) is 0 Å². The topological polar surface area (TPSA) is 52.7 Å². The van der Waals surface area contributed by atoms with Gasteiger partial charge in [-0.1, -0.05) is 19.1 Å². The van der Waals surface area contributed by atoms with Crippen LogP contribution in [-0.2, 0) is 0 Å². The zero-order chi connectivity index (χ0) is 16.2. The average Bonchev–Trinajstić information content (AvgIpc) is 2.84. The minimum absolute atomic E-state index is 0.146. The molecule has 1 N–H and O–H groups in total. The van der Waals surface area contributed by atoms with Crippen LogP contribution in [0.2, 0.25) is 0 Å². The molecule has 2 heterocycles. The second-order valence-electron chi connectivity index (χ2n) is 6.32. The summed E-state index contributed by atoms with van der Waals surface area (Å²) in [5.41, 5.74) is 1.09. The molecule has 0 spiro atoms. The van der Waals surface area contributed by atoms with Gasteiger partial charge in [0.25, 0.3) is 11.8 Å². The fourth-order valence-electron chi connectivity index (χ4n) is 3.61. The van der Waals surface area contributed by atoms with Crippen LogP contribution in [0.25, 0.3) is 0 Å². The Bertz CT molecular complexity index is 546. The molecule has 1 saturated heterocycles. The monoisotopic (exact) mass is 315 g/mol. The molecule has 5 nitrogen and oxygen atoms in total. The molecule has 0 saturated carbocycles. The molecule has 0 unspecified atom stereocenters. The lowest BCUT2D eigenvalue weighted by molar-refractivity contribution is 0.0615. The van der Waals surface area contributed by atoms with E-state index in [2.05, 4.69) is 17.1 Å². The van der Waals surface area contributed by atoms with Gasteiger partial charge in [0.1, 0.15) is 0 Å². The van der Waals surface area contributed by atoms with Gasteiger partial charge in [0.15, 0.2) is 0 Å². The fraction of sp³-hybridized carbons (Fsp3) is 0.556. The molecule has 1 aromatic carbocycles. The first-order chi connectivity index (χ1) is 11.2. The number of rotatable bonds is 6. The molecule has 0 radical (unpaired) electrons. The van der Waals surface area contributed by atoms with Crippen LogP contribution in [0, 0.1) is 0 Å². The molecule has 2 aliphatic heterocycles. The highest BCUT2D eigenvalue weighted by Crippen LogP contribution is 2.22. The van der Waals surface area contributed by atoms with Gasteiger partial charge in [0, 0.05) is 19.1 Å². The number of imide groups is 1. The van der Waals surface area contributed by atoms with E-state index >= 15 is 0 Å². The third kappa shape index (κ3) is 3.31. The molecule has 3 rings (SSSR count). The van der Waals surface area contributed by atoms with Gasteiger partial charge in [0.05, 0.1) is 11.1 Å². The second kappa shape index (κ2) is 7.23. The number of piperidine rings is 1. The van der Waals surface area contributed by atoms with Crippen molar-refractivity contribution in [3.8, 4) is 0 Å². The van der Waals surface area contributed by atoms with Crippen molar-refractivity contribution in [2.75, 3.05) is 32.7 Å². The maximum Gasteiger partial charge on any atom is 0.261 e. The van der Waals surface area contributed by atoms with Crippen LogP contribution in [0.1, 0.15) is 46.9 Å². The molecule has 0 bridgehead atoms.